The Kier molecular flexibility index (Phi) is 3.18. The molecule has 78 valence electrons. The lowest BCUT2D eigenvalue weighted by atomic mass is 10.1. The largest absolute Gasteiger partial charge is 0.326 e. The molecule has 1 N–H and O–H groups in total. The van der Waals surface area contributed by atoms with Crippen LogP contribution in [0, 0.1) is 5.92 Å². The van der Waals surface area contributed by atoms with Crippen molar-refractivity contribution < 1.29 is 4.79 Å². The first-order chi connectivity index (χ1) is 7.34. The fraction of sp³-hybridized carbons (Fsp3) is 0.308. The molecule has 2 nitrogen and oxygen atoms in total. The molecule has 1 amide bonds. The molecule has 0 saturated carbocycles. The molecule has 1 aliphatic carbocycles. The first-order valence-corrected chi connectivity index (χ1v) is 5.36. The van der Waals surface area contributed by atoms with Gasteiger partial charge in [-0.1, -0.05) is 30.4 Å². The van der Waals surface area contributed by atoms with E-state index in [0.717, 1.165) is 18.5 Å². The summed E-state index contributed by atoms with van der Waals surface area (Å²) in [4.78, 5) is 11.6. The summed E-state index contributed by atoms with van der Waals surface area (Å²) in [5.41, 5.74) is 0.879. The molecule has 0 saturated heterocycles. The standard InChI is InChI=1S/C13H15NO/c15-13(10-11-6-4-5-7-11)14-12-8-2-1-3-9-12/h1-4,6,8-9,11H,5,7,10H2,(H,14,15)/t11-/m0/s1. The van der Waals surface area contributed by atoms with Gasteiger partial charge in [0.1, 0.15) is 0 Å². The summed E-state index contributed by atoms with van der Waals surface area (Å²) >= 11 is 0. The number of carbonyl (C=O) groups excluding carboxylic acids is 1. The third kappa shape index (κ3) is 2.94. The predicted octanol–water partition coefficient (Wildman–Crippen LogP) is 2.98. The maximum Gasteiger partial charge on any atom is 0.224 e. The number of benzene rings is 1. The first-order valence-electron chi connectivity index (χ1n) is 5.36. The molecule has 0 unspecified atom stereocenters. The Balaban J connectivity index is 1.84. The van der Waals surface area contributed by atoms with Gasteiger partial charge in [-0.15, -0.1) is 0 Å². The van der Waals surface area contributed by atoms with Crippen LogP contribution in [0.1, 0.15) is 19.3 Å². The number of hydrogen-bond acceptors (Lipinski definition) is 1. The summed E-state index contributed by atoms with van der Waals surface area (Å²) in [6.07, 6.45) is 7.13. The number of rotatable bonds is 3. The van der Waals surface area contributed by atoms with Crippen molar-refractivity contribution in [2.24, 2.45) is 5.92 Å². The Labute approximate surface area is 90.0 Å². The zero-order valence-electron chi connectivity index (χ0n) is 8.65. The van der Waals surface area contributed by atoms with Gasteiger partial charge < -0.3 is 5.32 Å². The molecule has 2 heteroatoms. The second kappa shape index (κ2) is 4.78. The summed E-state index contributed by atoms with van der Waals surface area (Å²) in [6.45, 7) is 0. The molecule has 0 aliphatic heterocycles. The van der Waals surface area contributed by atoms with Crippen LogP contribution in [0.4, 0.5) is 5.69 Å². The van der Waals surface area contributed by atoms with Crippen LogP contribution < -0.4 is 5.32 Å². The number of carbonyl (C=O) groups is 1. The molecule has 0 radical (unpaired) electrons. The molecule has 0 fully saturated rings. The van der Waals surface area contributed by atoms with Crippen LogP contribution in [0.15, 0.2) is 42.5 Å². The van der Waals surface area contributed by atoms with Gasteiger partial charge in [-0.2, -0.15) is 0 Å². The number of allylic oxidation sites excluding steroid dienone is 2. The molecule has 1 atom stereocenters. The van der Waals surface area contributed by atoms with Gasteiger partial charge in [0.15, 0.2) is 0 Å². The molecule has 0 aromatic heterocycles. The molecule has 15 heavy (non-hydrogen) atoms. The van der Waals surface area contributed by atoms with Crippen molar-refractivity contribution in [3.63, 3.8) is 0 Å². The van der Waals surface area contributed by atoms with E-state index in [0.29, 0.717) is 12.3 Å². The number of anilines is 1. The zero-order valence-corrected chi connectivity index (χ0v) is 8.65. The Morgan fingerprint density at radius 2 is 2.13 bits per heavy atom. The topological polar surface area (TPSA) is 29.1 Å². The van der Waals surface area contributed by atoms with Crippen molar-refractivity contribution in [1.29, 1.82) is 0 Å². The highest BCUT2D eigenvalue weighted by molar-refractivity contribution is 5.90. The van der Waals surface area contributed by atoms with Gasteiger partial charge in [0, 0.05) is 12.1 Å². The quantitative estimate of drug-likeness (QED) is 0.748. The van der Waals surface area contributed by atoms with Crippen LogP contribution >= 0.6 is 0 Å². The number of hydrogen-bond donors (Lipinski definition) is 1. The molecular weight excluding hydrogens is 186 g/mol. The minimum atomic E-state index is 0.109. The van der Waals surface area contributed by atoms with E-state index in [9.17, 15) is 4.79 Å². The van der Waals surface area contributed by atoms with Crippen LogP contribution in [0.2, 0.25) is 0 Å². The van der Waals surface area contributed by atoms with Crippen LogP contribution in [0.3, 0.4) is 0 Å². The van der Waals surface area contributed by atoms with Gasteiger partial charge in [0.05, 0.1) is 0 Å². The van der Waals surface area contributed by atoms with Gasteiger partial charge in [0.25, 0.3) is 0 Å². The normalized spacial score (nSPS) is 19.1. The van der Waals surface area contributed by atoms with E-state index in [4.69, 9.17) is 0 Å². The molecule has 0 heterocycles. The molecule has 2 rings (SSSR count). The van der Waals surface area contributed by atoms with Gasteiger partial charge in [-0.05, 0) is 30.9 Å². The lowest BCUT2D eigenvalue weighted by Crippen LogP contribution is -2.14. The van der Waals surface area contributed by atoms with E-state index in [1.54, 1.807) is 0 Å². The van der Waals surface area contributed by atoms with Crippen LogP contribution in [0.25, 0.3) is 0 Å². The minimum absolute atomic E-state index is 0.109. The Morgan fingerprint density at radius 1 is 1.33 bits per heavy atom. The van der Waals surface area contributed by atoms with Gasteiger partial charge in [-0.25, -0.2) is 0 Å². The molecular formula is C13H15NO. The summed E-state index contributed by atoms with van der Waals surface area (Å²) < 4.78 is 0. The lowest BCUT2D eigenvalue weighted by molar-refractivity contribution is -0.116. The lowest BCUT2D eigenvalue weighted by Gasteiger charge is -2.08. The second-order valence-corrected chi connectivity index (χ2v) is 3.88. The van der Waals surface area contributed by atoms with Crippen molar-refractivity contribution in [3.05, 3.63) is 42.5 Å². The summed E-state index contributed by atoms with van der Waals surface area (Å²) in [7, 11) is 0. The Hall–Kier alpha value is -1.57. The SMILES string of the molecule is O=C(C[C@H]1C=CCC1)Nc1ccccc1. The van der Waals surface area contributed by atoms with Crippen LogP contribution in [-0.4, -0.2) is 5.91 Å². The van der Waals surface area contributed by atoms with Crippen molar-refractivity contribution in [2.45, 2.75) is 19.3 Å². The van der Waals surface area contributed by atoms with Crippen LogP contribution in [0.5, 0.6) is 0 Å². The van der Waals surface area contributed by atoms with Crippen molar-refractivity contribution in [2.75, 3.05) is 5.32 Å². The predicted molar refractivity (Wildman–Crippen MR) is 61.6 cm³/mol. The number of amides is 1. The van der Waals surface area contributed by atoms with E-state index in [1.807, 2.05) is 30.3 Å². The van der Waals surface area contributed by atoms with E-state index in [2.05, 4.69) is 17.5 Å². The highest BCUT2D eigenvalue weighted by Gasteiger charge is 2.13. The highest BCUT2D eigenvalue weighted by atomic mass is 16.1. The Bertz CT molecular complexity index is 356. The minimum Gasteiger partial charge on any atom is -0.326 e. The van der Waals surface area contributed by atoms with Crippen molar-refractivity contribution in [1.82, 2.24) is 0 Å². The smallest absolute Gasteiger partial charge is 0.224 e. The summed E-state index contributed by atoms with van der Waals surface area (Å²) in [5.74, 6) is 0.548. The summed E-state index contributed by atoms with van der Waals surface area (Å²) in [6, 6.07) is 9.59. The highest BCUT2D eigenvalue weighted by Crippen LogP contribution is 2.20. The van der Waals surface area contributed by atoms with Gasteiger partial charge in [-0.3, -0.25) is 4.79 Å². The molecule has 1 aromatic carbocycles. The second-order valence-electron chi connectivity index (χ2n) is 3.88. The summed E-state index contributed by atoms with van der Waals surface area (Å²) in [5, 5.41) is 2.90. The van der Waals surface area contributed by atoms with Crippen molar-refractivity contribution >= 4 is 11.6 Å². The third-order valence-electron chi connectivity index (χ3n) is 2.62. The van der Waals surface area contributed by atoms with E-state index < -0.39 is 0 Å². The number of nitrogens with one attached hydrogen (secondary N) is 1. The van der Waals surface area contributed by atoms with E-state index in [1.165, 1.54) is 0 Å². The Morgan fingerprint density at radius 3 is 2.80 bits per heavy atom. The zero-order chi connectivity index (χ0) is 10.5. The monoisotopic (exact) mass is 201 g/mol. The fourth-order valence-corrected chi connectivity index (χ4v) is 1.84. The molecule has 0 spiro atoms. The van der Waals surface area contributed by atoms with E-state index in [-0.39, 0.29) is 5.91 Å². The average molecular weight is 201 g/mol. The maximum atomic E-state index is 11.6. The average Bonchev–Trinajstić information content (AvgIpc) is 2.71. The maximum absolute atomic E-state index is 11.6. The molecule has 1 aromatic rings. The van der Waals surface area contributed by atoms with Gasteiger partial charge in [0.2, 0.25) is 5.91 Å². The van der Waals surface area contributed by atoms with Crippen molar-refractivity contribution in [3.8, 4) is 0 Å². The third-order valence-corrected chi connectivity index (χ3v) is 2.62. The van der Waals surface area contributed by atoms with Crippen LogP contribution in [-0.2, 0) is 4.79 Å². The van der Waals surface area contributed by atoms with E-state index >= 15 is 0 Å². The van der Waals surface area contributed by atoms with Gasteiger partial charge >= 0.3 is 0 Å². The molecule has 1 aliphatic rings. The number of para-hydroxylation sites is 1. The molecule has 0 bridgehead atoms. The fourth-order valence-electron chi connectivity index (χ4n) is 1.84. The first kappa shape index (κ1) is 9.97.